The molecule has 1 atom stereocenters. The zero-order valence-corrected chi connectivity index (χ0v) is 10.1. The number of hydrogen-bond donors (Lipinski definition) is 1. The molecular formula is C15H20O2. The summed E-state index contributed by atoms with van der Waals surface area (Å²) in [5.41, 5.74) is 1.21. The van der Waals surface area contributed by atoms with Crippen molar-refractivity contribution in [3.8, 4) is 5.75 Å². The highest BCUT2D eigenvalue weighted by Gasteiger charge is 2.03. The van der Waals surface area contributed by atoms with Gasteiger partial charge in [-0.15, -0.1) is 13.2 Å². The quantitative estimate of drug-likeness (QED) is 0.698. The van der Waals surface area contributed by atoms with Gasteiger partial charge in [-0.05, 0) is 37.0 Å². The Morgan fingerprint density at radius 3 is 2.47 bits per heavy atom. The van der Waals surface area contributed by atoms with E-state index in [0.717, 1.165) is 18.6 Å². The van der Waals surface area contributed by atoms with Crippen molar-refractivity contribution in [2.75, 3.05) is 6.61 Å². The molecule has 1 N–H and O–H groups in total. The van der Waals surface area contributed by atoms with E-state index in [4.69, 9.17) is 4.74 Å². The van der Waals surface area contributed by atoms with Gasteiger partial charge in [0.15, 0.2) is 0 Å². The van der Waals surface area contributed by atoms with Crippen LogP contribution in [0.15, 0.2) is 49.6 Å². The molecule has 1 rings (SSSR count). The van der Waals surface area contributed by atoms with Crippen LogP contribution >= 0.6 is 0 Å². The van der Waals surface area contributed by atoms with Crippen molar-refractivity contribution in [1.29, 1.82) is 0 Å². The molecule has 0 fully saturated rings. The summed E-state index contributed by atoms with van der Waals surface area (Å²) in [5.74, 6) is 0.787. The van der Waals surface area contributed by atoms with Crippen LogP contribution in [0.1, 0.15) is 18.4 Å². The molecule has 2 heteroatoms. The SMILES string of the molecule is C=CCCC(O)COc1ccc(CC=C)cc1. The Morgan fingerprint density at radius 2 is 1.88 bits per heavy atom. The number of aliphatic hydroxyl groups excluding tert-OH is 1. The van der Waals surface area contributed by atoms with Gasteiger partial charge in [0.1, 0.15) is 12.4 Å². The van der Waals surface area contributed by atoms with Gasteiger partial charge in [0, 0.05) is 0 Å². The highest BCUT2D eigenvalue weighted by molar-refractivity contribution is 5.28. The third kappa shape index (κ3) is 5.36. The molecule has 0 aliphatic heterocycles. The van der Waals surface area contributed by atoms with Gasteiger partial charge in [0.25, 0.3) is 0 Å². The van der Waals surface area contributed by atoms with Gasteiger partial charge >= 0.3 is 0 Å². The van der Waals surface area contributed by atoms with Gasteiger partial charge in [0.2, 0.25) is 0 Å². The normalized spacial score (nSPS) is 11.8. The summed E-state index contributed by atoms with van der Waals surface area (Å²) < 4.78 is 5.49. The topological polar surface area (TPSA) is 29.5 Å². The summed E-state index contributed by atoms with van der Waals surface area (Å²) in [5, 5.41) is 9.59. The molecule has 1 aromatic rings. The van der Waals surface area contributed by atoms with Gasteiger partial charge in [-0.3, -0.25) is 0 Å². The van der Waals surface area contributed by atoms with E-state index >= 15 is 0 Å². The lowest BCUT2D eigenvalue weighted by atomic mass is 10.1. The lowest BCUT2D eigenvalue weighted by molar-refractivity contribution is 0.101. The van der Waals surface area contributed by atoms with Gasteiger partial charge in [-0.25, -0.2) is 0 Å². The fraction of sp³-hybridized carbons (Fsp3) is 0.333. The minimum atomic E-state index is -0.430. The fourth-order valence-corrected chi connectivity index (χ4v) is 1.47. The van der Waals surface area contributed by atoms with E-state index in [-0.39, 0.29) is 0 Å². The number of rotatable bonds is 8. The molecule has 1 unspecified atom stereocenters. The average molecular weight is 232 g/mol. The van der Waals surface area contributed by atoms with Crippen molar-refractivity contribution in [1.82, 2.24) is 0 Å². The average Bonchev–Trinajstić information content (AvgIpc) is 2.36. The summed E-state index contributed by atoms with van der Waals surface area (Å²) in [4.78, 5) is 0. The number of allylic oxidation sites excluding steroid dienone is 2. The first kappa shape index (κ1) is 13.5. The van der Waals surface area contributed by atoms with Crippen LogP contribution in [0.4, 0.5) is 0 Å². The molecule has 0 aromatic heterocycles. The third-order valence-electron chi connectivity index (χ3n) is 2.45. The molecule has 92 valence electrons. The Bertz CT molecular complexity index is 340. The Balaban J connectivity index is 2.35. The Morgan fingerprint density at radius 1 is 1.18 bits per heavy atom. The standard InChI is InChI=1S/C15H20O2/c1-3-5-7-14(16)12-17-15-10-8-13(6-4-2)9-11-15/h3-4,8-11,14,16H,1-2,5-7,12H2. The first-order valence-corrected chi connectivity index (χ1v) is 5.88. The molecule has 0 amide bonds. The minimum absolute atomic E-state index is 0.328. The van der Waals surface area contributed by atoms with E-state index in [1.54, 1.807) is 6.08 Å². The maximum absolute atomic E-state index is 9.59. The number of benzene rings is 1. The first-order chi connectivity index (χ1) is 8.26. The van der Waals surface area contributed by atoms with Crippen molar-refractivity contribution < 1.29 is 9.84 Å². The Hall–Kier alpha value is -1.54. The van der Waals surface area contributed by atoms with Crippen molar-refractivity contribution >= 4 is 0 Å². The third-order valence-corrected chi connectivity index (χ3v) is 2.45. The molecule has 0 radical (unpaired) electrons. The second-order valence-corrected chi connectivity index (χ2v) is 3.97. The van der Waals surface area contributed by atoms with E-state index in [1.807, 2.05) is 30.3 Å². The molecule has 1 aromatic carbocycles. The second kappa shape index (κ2) is 7.69. The molecule has 0 aliphatic carbocycles. The molecule has 0 spiro atoms. The van der Waals surface area contributed by atoms with Crippen molar-refractivity contribution in [2.45, 2.75) is 25.4 Å². The van der Waals surface area contributed by atoms with Crippen molar-refractivity contribution in [3.63, 3.8) is 0 Å². The van der Waals surface area contributed by atoms with Gasteiger partial charge in [-0.2, -0.15) is 0 Å². The van der Waals surface area contributed by atoms with E-state index in [2.05, 4.69) is 13.2 Å². The predicted molar refractivity (Wildman–Crippen MR) is 71.3 cm³/mol. The van der Waals surface area contributed by atoms with Crippen LogP contribution in [0, 0.1) is 0 Å². The van der Waals surface area contributed by atoms with Crippen molar-refractivity contribution in [3.05, 3.63) is 55.1 Å². The predicted octanol–water partition coefficient (Wildman–Crippen LogP) is 3.12. The van der Waals surface area contributed by atoms with Crippen LogP contribution in [0.2, 0.25) is 0 Å². The molecule has 0 aliphatic rings. The van der Waals surface area contributed by atoms with E-state index < -0.39 is 6.10 Å². The Labute approximate surface area is 103 Å². The zero-order valence-electron chi connectivity index (χ0n) is 10.1. The summed E-state index contributed by atoms with van der Waals surface area (Å²) in [6.45, 7) is 7.64. The molecule has 17 heavy (non-hydrogen) atoms. The molecule has 0 bridgehead atoms. The van der Waals surface area contributed by atoms with Gasteiger partial charge in [0.05, 0.1) is 6.10 Å². The van der Waals surface area contributed by atoms with Crippen LogP contribution in [-0.4, -0.2) is 17.8 Å². The summed E-state index contributed by atoms with van der Waals surface area (Å²) >= 11 is 0. The highest BCUT2D eigenvalue weighted by Crippen LogP contribution is 2.13. The molecule has 0 saturated carbocycles. The molecule has 0 heterocycles. The zero-order chi connectivity index (χ0) is 12.5. The number of ether oxygens (including phenoxy) is 1. The van der Waals surface area contributed by atoms with Gasteiger partial charge < -0.3 is 9.84 Å². The summed E-state index contributed by atoms with van der Waals surface area (Å²) in [6.07, 6.45) is 5.60. The maximum Gasteiger partial charge on any atom is 0.119 e. The van der Waals surface area contributed by atoms with Crippen LogP contribution in [-0.2, 0) is 6.42 Å². The maximum atomic E-state index is 9.59. The largest absolute Gasteiger partial charge is 0.491 e. The Kier molecular flexibility index (Phi) is 6.12. The van der Waals surface area contributed by atoms with Crippen LogP contribution in [0.25, 0.3) is 0 Å². The molecule has 0 saturated heterocycles. The molecular weight excluding hydrogens is 212 g/mol. The summed E-state index contributed by atoms with van der Waals surface area (Å²) in [7, 11) is 0. The van der Waals surface area contributed by atoms with Crippen LogP contribution < -0.4 is 4.74 Å². The lowest BCUT2D eigenvalue weighted by Crippen LogP contribution is -2.16. The first-order valence-electron chi connectivity index (χ1n) is 5.88. The van der Waals surface area contributed by atoms with E-state index in [9.17, 15) is 5.11 Å². The fourth-order valence-electron chi connectivity index (χ4n) is 1.47. The highest BCUT2D eigenvalue weighted by atomic mass is 16.5. The van der Waals surface area contributed by atoms with Crippen molar-refractivity contribution in [2.24, 2.45) is 0 Å². The van der Waals surface area contributed by atoms with E-state index in [1.165, 1.54) is 5.56 Å². The summed E-state index contributed by atoms with van der Waals surface area (Å²) in [6, 6.07) is 7.85. The second-order valence-electron chi connectivity index (χ2n) is 3.97. The smallest absolute Gasteiger partial charge is 0.119 e. The monoisotopic (exact) mass is 232 g/mol. The molecule has 2 nitrogen and oxygen atoms in total. The number of hydrogen-bond acceptors (Lipinski definition) is 2. The van der Waals surface area contributed by atoms with Crippen LogP contribution in [0.3, 0.4) is 0 Å². The lowest BCUT2D eigenvalue weighted by Gasteiger charge is -2.11. The minimum Gasteiger partial charge on any atom is -0.491 e. The van der Waals surface area contributed by atoms with Crippen LogP contribution in [0.5, 0.6) is 5.75 Å². The number of aliphatic hydroxyl groups is 1. The van der Waals surface area contributed by atoms with E-state index in [0.29, 0.717) is 13.0 Å². The van der Waals surface area contributed by atoms with Gasteiger partial charge in [-0.1, -0.05) is 24.3 Å².